The third kappa shape index (κ3) is 6.30. The molecule has 3 rings (SSSR count). The number of rotatable bonds is 8. The fourth-order valence-corrected chi connectivity index (χ4v) is 4.38. The van der Waals surface area contributed by atoms with Crippen LogP contribution in [0.15, 0.2) is 48.2 Å². The molecule has 0 spiro atoms. The zero-order chi connectivity index (χ0) is 24.8. The molecule has 9 heteroatoms. The maximum atomic E-state index is 12.8. The molecule has 7 nitrogen and oxygen atoms in total. The molecule has 0 aliphatic rings. The van der Waals surface area contributed by atoms with Crippen LogP contribution >= 0.6 is 22.9 Å². The number of Topliss-reactive ketones (excluding diaryl/α,β-unsaturated/α-hetero) is 1. The van der Waals surface area contributed by atoms with Gasteiger partial charge in [-0.2, -0.15) is 0 Å². The van der Waals surface area contributed by atoms with E-state index < -0.39 is 11.9 Å². The summed E-state index contributed by atoms with van der Waals surface area (Å²) in [6, 6.07) is 11.1. The molecule has 2 N–H and O–H groups in total. The van der Waals surface area contributed by atoms with E-state index in [1.54, 1.807) is 25.1 Å². The van der Waals surface area contributed by atoms with Crippen molar-refractivity contribution in [1.29, 1.82) is 0 Å². The number of carbonyl (C=O) groups is 3. The first-order chi connectivity index (χ1) is 16.2. The monoisotopic (exact) mass is 498 g/mol. The van der Waals surface area contributed by atoms with Crippen LogP contribution in [0.4, 0.5) is 0 Å². The van der Waals surface area contributed by atoms with E-state index in [0.717, 1.165) is 21.1 Å². The van der Waals surface area contributed by atoms with Gasteiger partial charge in [0.25, 0.3) is 5.91 Å². The Bertz CT molecular complexity index is 1280. The van der Waals surface area contributed by atoms with E-state index in [0.29, 0.717) is 12.0 Å². The lowest BCUT2D eigenvalue weighted by atomic mass is 10.0. The van der Waals surface area contributed by atoms with E-state index in [4.69, 9.17) is 16.3 Å². The summed E-state index contributed by atoms with van der Waals surface area (Å²) in [5.74, 6) is -1.33. The van der Waals surface area contributed by atoms with Gasteiger partial charge in [0, 0.05) is 12.0 Å². The number of ether oxygens (including phenoxy) is 1. The Labute approximate surface area is 206 Å². The number of methoxy groups -OCH3 is 1. The van der Waals surface area contributed by atoms with Crippen LogP contribution in [0.3, 0.4) is 0 Å². The summed E-state index contributed by atoms with van der Waals surface area (Å²) in [5, 5.41) is 13.0. The number of esters is 1. The van der Waals surface area contributed by atoms with E-state index >= 15 is 0 Å². The number of phenols is 1. The second-order valence-electron chi connectivity index (χ2n) is 7.47. The molecule has 1 amide bonds. The summed E-state index contributed by atoms with van der Waals surface area (Å²) in [5.41, 5.74) is 1.98. The second kappa shape index (κ2) is 11.1. The van der Waals surface area contributed by atoms with E-state index in [-0.39, 0.29) is 34.2 Å². The number of thiazole rings is 1. The molecule has 3 aromatic rings. The third-order valence-corrected chi connectivity index (χ3v) is 6.29. The molecule has 176 valence electrons. The summed E-state index contributed by atoms with van der Waals surface area (Å²) in [6.45, 7) is 3.65. The average molecular weight is 499 g/mol. The van der Waals surface area contributed by atoms with Gasteiger partial charge >= 0.3 is 5.97 Å². The number of hydrogen-bond donors (Lipinski definition) is 2. The van der Waals surface area contributed by atoms with Crippen molar-refractivity contribution < 1.29 is 24.2 Å². The van der Waals surface area contributed by atoms with Gasteiger partial charge < -0.3 is 15.2 Å². The number of halogens is 1. The molecule has 0 aliphatic heterocycles. The highest BCUT2D eigenvalue weighted by Gasteiger charge is 2.19. The number of benzene rings is 2. The van der Waals surface area contributed by atoms with E-state index in [9.17, 15) is 19.5 Å². The Morgan fingerprint density at radius 1 is 1.18 bits per heavy atom. The summed E-state index contributed by atoms with van der Waals surface area (Å²) in [4.78, 5) is 42.7. The number of phenolic OH excluding ortho intramolecular Hbond substituents is 1. The Balaban J connectivity index is 1.74. The van der Waals surface area contributed by atoms with Gasteiger partial charge in [-0.05, 0) is 56.2 Å². The van der Waals surface area contributed by atoms with Crippen molar-refractivity contribution >= 4 is 46.7 Å². The number of carbonyl (C=O) groups excluding carboxylic acids is 3. The quantitative estimate of drug-likeness (QED) is 0.260. The zero-order valence-corrected chi connectivity index (χ0v) is 20.4. The average Bonchev–Trinajstić information content (AvgIpc) is 3.12. The SMILES string of the molecule is COC(=O)C(=Cc1sc(C)nc1C)NC(=O)c1ccc(C(=O)CCc2cccc(O)c2)cc1Cl. The Hall–Kier alpha value is -3.49. The van der Waals surface area contributed by atoms with Gasteiger partial charge in [-0.3, -0.25) is 9.59 Å². The normalized spacial score (nSPS) is 11.2. The number of ketones is 1. The molecule has 0 bridgehead atoms. The maximum Gasteiger partial charge on any atom is 0.354 e. The van der Waals surface area contributed by atoms with E-state index in [2.05, 4.69) is 10.3 Å². The van der Waals surface area contributed by atoms with Crippen molar-refractivity contribution in [3.05, 3.63) is 85.5 Å². The van der Waals surface area contributed by atoms with E-state index in [1.807, 2.05) is 13.0 Å². The fraction of sp³-hybridized carbons (Fsp3) is 0.200. The van der Waals surface area contributed by atoms with Gasteiger partial charge in [0.2, 0.25) is 0 Å². The minimum Gasteiger partial charge on any atom is -0.508 e. The lowest BCUT2D eigenvalue weighted by Gasteiger charge is -2.10. The maximum absolute atomic E-state index is 12.8. The van der Waals surface area contributed by atoms with Crippen molar-refractivity contribution in [3.63, 3.8) is 0 Å². The topological polar surface area (TPSA) is 106 Å². The lowest BCUT2D eigenvalue weighted by molar-refractivity contribution is -0.136. The van der Waals surface area contributed by atoms with Crippen LogP contribution in [-0.2, 0) is 16.0 Å². The summed E-state index contributed by atoms with van der Waals surface area (Å²) in [7, 11) is 1.22. The number of nitrogens with one attached hydrogen (secondary N) is 1. The molecule has 0 unspecified atom stereocenters. The minimum atomic E-state index is -0.714. The van der Waals surface area contributed by atoms with Crippen LogP contribution < -0.4 is 5.32 Å². The van der Waals surface area contributed by atoms with Crippen LogP contribution in [-0.4, -0.2) is 34.9 Å². The first-order valence-corrected chi connectivity index (χ1v) is 11.5. The molecular formula is C25H23ClN2O5S. The Morgan fingerprint density at radius 2 is 1.94 bits per heavy atom. The number of aryl methyl sites for hydroxylation is 3. The van der Waals surface area contributed by atoms with Crippen molar-refractivity contribution in [2.45, 2.75) is 26.7 Å². The number of nitrogens with zero attached hydrogens (tertiary/aromatic N) is 1. The Kier molecular flexibility index (Phi) is 8.20. The minimum absolute atomic E-state index is 0.0541. The number of amides is 1. The Morgan fingerprint density at radius 3 is 2.56 bits per heavy atom. The molecule has 0 atom stereocenters. The molecular weight excluding hydrogens is 476 g/mol. The molecule has 1 aromatic heterocycles. The third-order valence-electron chi connectivity index (χ3n) is 4.96. The highest BCUT2D eigenvalue weighted by Crippen LogP contribution is 2.23. The predicted molar refractivity (Wildman–Crippen MR) is 131 cm³/mol. The summed E-state index contributed by atoms with van der Waals surface area (Å²) in [6.07, 6.45) is 2.18. The van der Waals surface area contributed by atoms with Crippen molar-refractivity contribution in [2.75, 3.05) is 7.11 Å². The zero-order valence-electron chi connectivity index (χ0n) is 18.8. The second-order valence-corrected chi connectivity index (χ2v) is 9.12. The molecule has 0 fully saturated rings. The molecule has 0 radical (unpaired) electrons. The molecule has 0 aliphatic carbocycles. The number of aromatic nitrogens is 1. The molecule has 0 saturated carbocycles. The molecule has 2 aromatic carbocycles. The largest absolute Gasteiger partial charge is 0.508 e. The van der Waals surface area contributed by atoms with Crippen molar-refractivity contribution in [1.82, 2.24) is 10.3 Å². The van der Waals surface area contributed by atoms with Crippen LogP contribution in [0.2, 0.25) is 5.02 Å². The van der Waals surface area contributed by atoms with Gasteiger partial charge in [0.1, 0.15) is 11.4 Å². The standard InChI is InChI=1S/C25H23ClN2O5S/c1-14-23(34-15(2)27-14)13-21(25(32)33-3)28-24(31)19-9-8-17(12-20(19)26)22(30)10-7-16-5-4-6-18(29)11-16/h4-6,8-9,11-13,29H,7,10H2,1-3H3,(H,28,31). The highest BCUT2D eigenvalue weighted by atomic mass is 35.5. The molecule has 1 heterocycles. The number of hydrogen-bond acceptors (Lipinski definition) is 7. The van der Waals surface area contributed by atoms with Crippen LogP contribution in [0.25, 0.3) is 6.08 Å². The van der Waals surface area contributed by atoms with E-state index in [1.165, 1.54) is 42.7 Å². The molecule has 0 saturated heterocycles. The van der Waals surface area contributed by atoms with Crippen LogP contribution in [0.1, 0.15) is 48.3 Å². The van der Waals surface area contributed by atoms with Gasteiger partial charge in [0.05, 0.1) is 33.3 Å². The number of aromatic hydroxyl groups is 1. The van der Waals surface area contributed by atoms with Crippen LogP contribution in [0, 0.1) is 13.8 Å². The lowest BCUT2D eigenvalue weighted by Crippen LogP contribution is -2.28. The smallest absolute Gasteiger partial charge is 0.354 e. The highest BCUT2D eigenvalue weighted by molar-refractivity contribution is 7.12. The first kappa shape index (κ1) is 25.1. The van der Waals surface area contributed by atoms with Gasteiger partial charge in [-0.1, -0.05) is 29.8 Å². The summed E-state index contributed by atoms with van der Waals surface area (Å²) < 4.78 is 4.79. The predicted octanol–water partition coefficient (Wildman–Crippen LogP) is 4.88. The van der Waals surface area contributed by atoms with Crippen molar-refractivity contribution in [3.8, 4) is 5.75 Å². The summed E-state index contributed by atoms with van der Waals surface area (Å²) >= 11 is 7.68. The first-order valence-electron chi connectivity index (χ1n) is 10.3. The van der Waals surface area contributed by atoms with Crippen molar-refractivity contribution in [2.24, 2.45) is 0 Å². The van der Waals surface area contributed by atoms with Gasteiger partial charge in [0.15, 0.2) is 5.78 Å². The van der Waals surface area contributed by atoms with Gasteiger partial charge in [-0.15, -0.1) is 11.3 Å². The van der Waals surface area contributed by atoms with Crippen LogP contribution in [0.5, 0.6) is 5.75 Å². The fourth-order valence-electron chi connectivity index (χ4n) is 3.24. The molecule has 34 heavy (non-hydrogen) atoms. The van der Waals surface area contributed by atoms with Gasteiger partial charge in [-0.25, -0.2) is 9.78 Å².